The van der Waals surface area contributed by atoms with E-state index in [-0.39, 0.29) is 6.04 Å². The quantitative estimate of drug-likeness (QED) is 0.754. The molecule has 1 aromatic heterocycles. The van der Waals surface area contributed by atoms with Crippen molar-refractivity contribution < 1.29 is 4.74 Å². The Balaban J connectivity index is 2.68. The average molecular weight is 244 g/mol. The maximum absolute atomic E-state index is 5.83. The Labute approximate surface area is 101 Å². The lowest BCUT2D eigenvalue weighted by molar-refractivity contribution is 0.182. The number of methoxy groups -OCH3 is 1. The van der Waals surface area contributed by atoms with Crippen LogP contribution in [0.4, 0.5) is 11.5 Å². The Bertz CT molecular complexity index is 307. The number of hydrogen-bond acceptors (Lipinski definition) is 4. The minimum Gasteiger partial charge on any atom is -0.399 e. The van der Waals surface area contributed by atoms with Gasteiger partial charge in [-0.1, -0.05) is 24.9 Å². The largest absolute Gasteiger partial charge is 0.399 e. The Hall–Kier alpha value is -1.00. The van der Waals surface area contributed by atoms with Crippen LogP contribution in [0.3, 0.4) is 0 Å². The molecule has 1 aromatic rings. The van der Waals surface area contributed by atoms with Crippen LogP contribution in [0.25, 0.3) is 0 Å². The number of rotatable bonds is 6. The van der Waals surface area contributed by atoms with Crippen molar-refractivity contribution >= 4 is 23.1 Å². The molecular formula is C11H18ClN3O. The molecule has 4 nitrogen and oxygen atoms in total. The Morgan fingerprint density at radius 3 is 2.88 bits per heavy atom. The zero-order valence-electron chi connectivity index (χ0n) is 9.66. The lowest BCUT2D eigenvalue weighted by Crippen LogP contribution is -2.25. The molecule has 0 spiro atoms. The minimum atomic E-state index is 0.236. The van der Waals surface area contributed by atoms with E-state index < -0.39 is 0 Å². The third-order valence-electron chi connectivity index (χ3n) is 2.17. The monoisotopic (exact) mass is 243 g/mol. The van der Waals surface area contributed by atoms with Gasteiger partial charge in [0.2, 0.25) is 0 Å². The predicted octanol–water partition coefficient (Wildman–Crippen LogP) is 2.54. The van der Waals surface area contributed by atoms with E-state index in [1.807, 2.05) is 0 Å². The number of aromatic nitrogens is 1. The molecule has 0 aliphatic carbocycles. The van der Waals surface area contributed by atoms with Crippen LogP contribution in [0.2, 0.25) is 5.15 Å². The smallest absolute Gasteiger partial charge is 0.133 e. The summed E-state index contributed by atoms with van der Waals surface area (Å²) in [5.41, 5.74) is 6.29. The summed E-state index contributed by atoms with van der Waals surface area (Å²) in [7, 11) is 1.68. The molecule has 0 amide bonds. The van der Waals surface area contributed by atoms with Crippen molar-refractivity contribution in [2.75, 3.05) is 24.8 Å². The second kappa shape index (κ2) is 6.55. The number of nitrogens with two attached hydrogens (primary N) is 1. The van der Waals surface area contributed by atoms with Gasteiger partial charge in [-0.2, -0.15) is 0 Å². The van der Waals surface area contributed by atoms with Crippen LogP contribution < -0.4 is 11.1 Å². The SMILES string of the molecule is CCCC(COC)Nc1cc(N)cc(Cl)n1. The van der Waals surface area contributed by atoms with Gasteiger partial charge in [0.05, 0.1) is 12.6 Å². The third-order valence-corrected chi connectivity index (χ3v) is 2.37. The van der Waals surface area contributed by atoms with E-state index in [2.05, 4.69) is 17.2 Å². The van der Waals surface area contributed by atoms with Gasteiger partial charge < -0.3 is 15.8 Å². The van der Waals surface area contributed by atoms with E-state index in [0.29, 0.717) is 23.3 Å². The van der Waals surface area contributed by atoms with Crippen molar-refractivity contribution in [2.45, 2.75) is 25.8 Å². The predicted molar refractivity (Wildman–Crippen MR) is 67.9 cm³/mol. The maximum Gasteiger partial charge on any atom is 0.133 e. The van der Waals surface area contributed by atoms with Gasteiger partial charge in [0.1, 0.15) is 11.0 Å². The van der Waals surface area contributed by atoms with Crippen LogP contribution in [0.5, 0.6) is 0 Å². The Kier molecular flexibility index (Phi) is 5.35. The Morgan fingerprint density at radius 1 is 1.56 bits per heavy atom. The lowest BCUT2D eigenvalue weighted by Gasteiger charge is -2.18. The van der Waals surface area contributed by atoms with E-state index in [1.165, 1.54) is 0 Å². The summed E-state index contributed by atoms with van der Waals surface area (Å²) in [6, 6.07) is 3.63. The van der Waals surface area contributed by atoms with Crippen LogP contribution in [0.15, 0.2) is 12.1 Å². The van der Waals surface area contributed by atoms with Crippen molar-refractivity contribution in [3.05, 3.63) is 17.3 Å². The maximum atomic E-state index is 5.83. The summed E-state index contributed by atoms with van der Waals surface area (Å²) in [5.74, 6) is 0.695. The summed E-state index contributed by atoms with van der Waals surface area (Å²) >= 11 is 5.83. The summed E-state index contributed by atoms with van der Waals surface area (Å²) in [6.07, 6.45) is 2.10. The molecule has 16 heavy (non-hydrogen) atoms. The first-order chi connectivity index (χ1) is 7.65. The van der Waals surface area contributed by atoms with Crippen molar-refractivity contribution in [1.82, 2.24) is 4.98 Å². The van der Waals surface area contributed by atoms with Gasteiger partial charge in [-0.3, -0.25) is 0 Å². The van der Waals surface area contributed by atoms with Crippen LogP contribution >= 0.6 is 11.6 Å². The Morgan fingerprint density at radius 2 is 2.31 bits per heavy atom. The third kappa shape index (κ3) is 4.24. The molecule has 0 saturated heterocycles. The normalized spacial score (nSPS) is 12.4. The molecule has 0 aliphatic rings. The van der Waals surface area contributed by atoms with E-state index >= 15 is 0 Å². The molecule has 0 saturated carbocycles. The topological polar surface area (TPSA) is 60.2 Å². The van der Waals surface area contributed by atoms with Gasteiger partial charge in [-0.25, -0.2) is 4.98 Å². The average Bonchev–Trinajstić information content (AvgIpc) is 2.16. The van der Waals surface area contributed by atoms with E-state index in [1.54, 1.807) is 19.2 Å². The summed E-state index contributed by atoms with van der Waals surface area (Å²) in [5, 5.41) is 3.66. The molecule has 1 rings (SSSR count). The number of pyridine rings is 1. The molecule has 1 atom stereocenters. The minimum absolute atomic E-state index is 0.236. The molecule has 3 N–H and O–H groups in total. The highest BCUT2D eigenvalue weighted by Gasteiger charge is 2.08. The number of nitrogens with zero attached hydrogens (tertiary/aromatic N) is 1. The summed E-state index contributed by atoms with van der Waals surface area (Å²) in [6.45, 7) is 2.77. The number of nitrogen functional groups attached to an aromatic ring is 1. The molecule has 0 aromatic carbocycles. The summed E-state index contributed by atoms with van der Waals surface area (Å²) < 4.78 is 5.13. The molecule has 1 unspecified atom stereocenters. The molecule has 0 fully saturated rings. The molecule has 0 aliphatic heterocycles. The highest BCUT2D eigenvalue weighted by atomic mass is 35.5. The molecule has 0 radical (unpaired) electrons. The van der Waals surface area contributed by atoms with Gasteiger partial charge in [0.15, 0.2) is 0 Å². The van der Waals surface area contributed by atoms with Gasteiger partial charge in [0, 0.05) is 18.9 Å². The van der Waals surface area contributed by atoms with Crippen molar-refractivity contribution in [1.29, 1.82) is 0 Å². The highest BCUT2D eigenvalue weighted by Crippen LogP contribution is 2.17. The summed E-state index contributed by atoms with van der Waals surface area (Å²) in [4.78, 5) is 4.16. The first-order valence-electron chi connectivity index (χ1n) is 5.34. The molecular weight excluding hydrogens is 226 g/mol. The second-order valence-corrected chi connectivity index (χ2v) is 4.08. The number of ether oxygens (including phenoxy) is 1. The molecule has 5 heteroatoms. The van der Waals surface area contributed by atoms with Crippen molar-refractivity contribution in [2.24, 2.45) is 0 Å². The number of anilines is 2. The second-order valence-electron chi connectivity index (χ2n) is 3.69. The molecule has 1 heterocycles. The molecule has 90 valence electrons. The first-order valence-corrected chi connectivity index (χ1v) is 5.72. The van der Waals surface area contributed by atoms with Crippen LogP contribution in [0, 0.1) is 0 Å². The first kappa shape index (κ1) is 13.1. The standard InChI is InChI=1S/C11H18ClN3O/c1-3-4-9(7-16-2)14-11-6-8(13)5-10(12)15-11/h5-6,9H,3-4,7H2,1-2H3,(H3,13,14,15). The van der Waals surface area contributed by atoms with Gasteiger partial charge in [0.25, 0.3) is 0 Å². The van der Waals surface area contributed by atoms with Gasteiger partial charge in [-0.05, 0) is 12.5 Å². The zero-order chi connectivity index (χ0) is 12.0. The van der Waals surface area contributed by atoms with Gasteiger partial charge in [-0.15, -0.1) is 0 Å². The lowest BCUT2D eigenvalue weighted by atomic mass is 10.2. The van der Waals surface area contributed by atoms with E-state index in [9.17, 15) is 0 Å². The number of nitrogens with one attached hydrogen (secondary N) is 1. The fraction of sp³-hybridized carbons (Fsp3) is 0.545. The van der Waals surface area contributed by atoms with Gasteiger partial charge >= 0.3 is 0 Å². The fourth-order valence-electron chi connectivity index (χ4n) is 1.55. The number of halogens is 1. The molecule has 0 bridgehead atoms. The van der Waals surface area contributed by atoms with Crippen LogP contribution in [-0.2, 0) is 4.74 Å². The fourth-order valence-corrected chi connectivity index (χ4v) is 1.76. The zero-order valence-corrected chi connectivity index (χ0v) is 10.4. The van der Waals surface area contributed by atoms with Crippen LogP contribution in [0.1, 0.15) is 19.8 Å². The number of hydrogen-bond donors (Lipinski definition) is 2. The van der Waals surface area contributed by atoms with Crippen molar-refractivity contribution in [3.8, 4) is 0 Å². The van der Waals surface area contributed by atoms with E-state index in [0.717, 1.165) is 12.8 Å². The van der Waals surface area contributed by atoms with E-state index in [4.69, 9.17) is 22.1 Å². The van der Waals surface area contributed by atoms with Crippen LogP contribution in [-0.4, -0.2) is 24.7 Å². The highest BCUT2D eigenvalue weighted by molar-refractivity contribution is 6.29. The van der Waals surface area contributed by atoms with Crippen molar-refractivity contribution in [3.63, 3.8) is 0 Å².